The first-order valence-electron chi connectivity index (χ1n) is 7.46. The Morgan fingerprint density at radius 1 is 1.20 bits per heavy atom. The fourth-order valence-electron chi connectivity index (χ4n) is 2.33. The van der Waals surface area contributed by atoms with Gasteiger partial charge in [-0.15, -0.1) is 0 Å². The Morgan fingerprint density at radius 2 is 1.96 bits per heavy atom. The number of thioether (sulfide) groups is 1. The number of benzene rings is 2. The van der Waals surface area contributed by atoms with Crippen LogP contribution in [0.25, 0.3) is 6.08 Å². The molecule has 2 aromatic carbocycles. The van der Waals surface area contributed by atoms with Gasteiger partial charge in [0.2, 0.25) is 0 Å². The number of imide groups is 1. The Morgan fingerprint density at radius 3 is 2.72 bits per heavy atom. The van der Waals surface area contributed by atoms with Gasteiger partial charge in [0.25, 0.3) is 11.1 Å². The number of carbonyl (C=O) groups excluding carboxylic acids is 2. The molecule has 2 aromatic rings. The summed E-state index contributed by atoms with van der Waals surface area (Å²) in [6.07, 6.45) is 1.39. The highest BCUT2D eigenvalue weighted by Crippen LogP contribution is 2.32. The van der Waals surface area contributed by atoms with Gasteiger partial charge in [-0.1, -0.05) is 35.9 Å². The second kappa shape index (κ2) is 7.29. The fourth-order valence-corrected chi connectivity index (χ4v) is 3.34. The van der Waals surface area contributed by atoms with Crippen LogP contribution >= 0.6 is 23.4 Å². The van der Waals surface area contributed by atoms with Crippen LogP contribution in [-0.2, 0) is 4.79 Å². The van der Waals surface area contributed by atoms with Crippen molar-refractivity contribution in [2.45, 2.75) is 6.92 Å². The first-order chi connectivity index (χ1) is 12.0. The number of halogens is 2. The molecule has 0 saturated carbocycles. The van der Waals surface area contributed by atoms with Crippen LogP contribution in [0.4, 0.5) is 14.9 Å². The lowest BCUT2D eigenvalue weighted by molar-refractivity contribution is -0.122. The van der Waals surface area contributed by atoms with Crippen molar-refractivity contribution in [1.29, 1.82) is 0 Å². The normalized spacial score (nSPS) is 16.0. The van der Waals surface area contributed by atoms with E-state index in [0.29, 0.717) is 5.02 Å². The second-order valence-electron chi connectivity index (χ2n) is 5.38. The number of anilines is 1. The van der Waals surface area contributed by atoms with Crippen molar-refractivity contribution in [2.24, 2.45) is 0 Å². The van der Waals surface area contributed by atoms with Gasteiger partial charge < -0.3 is 5.32 Å². The lowest BCUT2D eigenvalue weighted by Gasteiger charge is -2.16. The average molecular weight is 377 g/mol. The van der Waals surface area contributed by atoms with Crippen molar-refractivity contribution in [2.75, 3.05) is 12.0 Å². The molecule has 0 aromatic heterocycles. The van der Waals surface area contributed by atoms with E-state index < -0.39 is 17.0 Å². The number of hydrogen-bond donors (Lipinski definition) is 1. The van der Waals surface area contributed by atoms with E-state index in [9.17, 15) is 14.0 Å². The van der Waals surface area contributed by atoms with E-state index in [-0.39, 0.29) is 17.1 Å². The summed E-state index contributed by atoms with van der Waals surface area (Å²) < 4.78 is 13.7. The maximum Gasteiger partial charge on any atom is 0.295 e. The number of carbonyl (C=O) groups is 2. The molecule has 1 saturated heterocycles. The summed E-state index contributed by atoms with van der Waals surface area (Å²) in [5.41, 5.74) is 1.84. The van der Waals surface area contributed by atoms with E-state index in [4.69, 9.17) is 11.6 Å². The highest BCUT2D eigenvalue weighted by atomic mass is 35.5. The zero-order valence-corrected chi connectivity index (χ0v) is 14.8. The third-order valence-electron chi connectivity index (χ3n) is 3.76. The number of nitrogens with one attached hydrogen (secondary N) is 1. The van der Waals surface area contributed by atoms with Gasteiger partial charge in [-0.2, -0.15) is 0 Å². The van der Waals surface area contributed by atoms with E-state index in [2.05, 4.69) is 5.32 Å². The summed E-state index contributed by atoms with van der Waals surface area (Å²) in [6.45, 7) is 1.86. The predicted molar refractivity (Wildman–Crippen MR) is 98.9 cm³/mol. The minimum atomic E-state index is -0.453. The Bertz CT molecular complexity index is 885. The van der Waals surface area contributed by atoms with Crippen molar-refractivity contribution in [3.8, 4) is 0 Å². The zero-order chi connectivity index (χ0) is 18.0. The summed E-state index contributed by atoms with van der Waals surface area (Å²) in [7, 11) is 0. The molecule has 0 spiro atoms. The largest absolute Gasteiger partial charge is 0.367 e. The molecule has 0 atom stereocenters. The van der Waals surface area contributed by atoms with E-state index in [1.807, 2.05) is 13.0 Å². The Balaban J connectivity index is 1.76. The number of hydrogen-bond acceptors (Lipinski definition) is 4. The predicted octanol–water partition coefficient (Wildman–Crippen LogP) is 4.89. The lowest BCUT2D eigenvalue weighted by Crippen LogP contribution is -2.33. The van der Waals surface area contributed by atoms with Gasteiger partial charge in [-0.25, -0.2) is 4.39 Å². The minimum absolute atomic E-state index is 0.0143. The molecule has 1 fully saturated rings. The first-order valence-corrected chi connectivity index (χ1v) is 8.65. The van der Waals surface area contributed by atoms with Gasteiger partial charge in [0.15, 0.2) is 0 Å². The molecule has 0 bridgehead atoms. The smallest absolute Gasteiger partial charge is 0.295 e. The van der Waals surface area contributed by atoms with E-state index in [0.717, 1.165) is 27.9 Å². The van der Waals surface area contributed by atoms with Crippen LogP contribution in [0.5, 0.6) is 0 Å². The Kier molecular flexibility index (Phi) is 5.11. The van der Waals surface area contributed by atoms with Crippen LogP contribution < -0.4 is 5.32 Å². The van der Waals surface area contributed by atoms with Crippen molar-refractivity contribution >= 4 is 46.3 Å². The second-order valence-corrected chi connectivity index (χ2v) is 6.78. The zero-order valence-electron chi connectivity index (χ0n) is 13.3. The monoisotopic (exact) mass is 376 g/mol. The van der Waals surface area contributed by atoms with E-state index >= 15 is 0 Å². The Labute approximate surface area is 153 Å². The standard InChI is InChI=1S/C18H14ClFN2O2S/c1-11-13(19)6-4-8-15(11)21-10-22-17(23)16(25-18(22)24)9-12-5-2-3-7-14(12)20/h2-9,21H,10H2,1H3/b16-9+. The molecular weight excluding hydrogens is 363 g/mol. The lowest BCUT2D eigenvalue weighted by atomic mass is 10.2. The molecule has 128 valence electrons. The molecule has 4 nitrogen and oxygen atoms in total. The van der Waals surface area contributed by atoms with Gasteiger partial charge in [-0.05, 0) is 48.5 Å². The van der Waals surface area contributed by atoms with Crippen LogP contribution in [0, 0.1) is 12.7 Å². The molecule has 0 unspecified atom stereocenters. The van der Waals surface area contributed by atoms with Crippen molar-refractivity contribution < 1.29 is 14.0 Å². The van der Waals surface area contributed by atoms with E-state index in [1.165, 1.54) is 12.1 Å². The molecule has 7 heteroatoms. The average Bonchev–Trinajstić information content (AvgIpc) is 2.85. The number of nitrogens with zero attached hydrogens (tertiary/aromatic N) is 1. The third-order valence-corrected chi connectivity index (χ3v) is 5.08. The molecule has 2 amide bonds. The van der Waals surface area contributed by atoms with Crippen LogP contribution in [-0.4, -0.2) is 22.7 Å². The molecule has 1 aliphatic heterocycles. The Hall–Kier alpha value is -2.31. The van der Waals surface area contributed by atoms with Crippen LogP contribution in [0.3, 0.4) is 0 Å². The first kappa shape index (κ1) is 17.5. The highest BCUT2D eigenvalue weighted by molar-refractivity contribution is 8.18. The maximum absolute atomic E-state index is 13.7. The van der Waals surface area contributed by atoms with Gasteiger partial charge in [0, 0.05) is 16.3 Å². The maximum atomic E-state index is 13.7. The molecule has 1 N–H and O–H groups in total. The van der Waals surface area contributed by atoms with Gasteiger partial charge in [0.05, 0.1) is 11.6 Å². The fraction of sp³-hybridized carbons (Fsp3) is 0.111. The quantitative estimate of drug-likeness (QED) is 0.771. The summed E-state index contributed by atoms with van der Waals surface area (Å²) in [4.78, 5) is 25.8. The van der Waals surface area contributed by atoms with Gasteiger partial charge >= 0.3 is 0 Å². The molecular formula is C18H14ClFN2O2S. The number of amides is 2. The van der Waals surface area contributed by atoms with Crippen LogP contribution in [0.2, 0.25) is 5.02 Å². The third kappa shape index (κ3) is 3.70. The SMILES string of the molecule is Cc1c(Cl)cccc1NCN1C(=O)S/C(=C/c2ccccc2F)C1=O. The van der Waals surface area contributed by atoms with Crippen molar-refractivity contribution in [3.05, 3.63) is 69.3 Å². The molecule has 0 radical (unpaired) electrons. The van der Waals surface area contributed by atoms with Gasteiger partial charge in [-0.3, -0.25) is 14.5 Å². The molecule has 25 heavy (non-hydrogen) atoms. The van der Waals surface area contributed by atoms with Crippen LogP contribution in [0.15, 0.2) is 47.4 Å². The topological polar surface area (TPSA) is 49.4 Å². The summed E-state index contributed by atoms with van der Waals surface area (Å²) in [6, 6.07) is 11.5. The molecule has 1 heterocycles. The summed E-state index contributed by atoms with van der Waals surface area (Å²) in [5, 5.41) is 3.23. The molecule has 1 aliphatic rings. The molecule has 3 rings (SSSR count). The van der Waals surface area contributed by atoms with Crippen molar-refractivity contribution in [3.63, 3.8) is 0 Å². The molecule has 0 aliphatic carbocycles. The minimum Gasteiger partial charge on any atom is -0.367 e. The number of rotatable bonds is 4. The van der Waals surface area contributed by atoms with E-state index in [1.54, 1.807) is 30.3 Å². The summed E-state index contributed by atoms with van der Waals surface area (Å²) in [5.74, 6) is -0.896. The van der Waals surface area contributed by atoms with Crippen molar-refractivity contribution in [1.82, 2.24) is 4.90 Å². The summed E-state index contributed by atoms with van der Waals surface area (Å²) >= 11 is 6.85. The van der Waals surface area contributed by atoms with Gasteiger partial charge in [0.1, 0.15) is 5.82 Å². The van der Waals surface area contributed by atoms with Crippen LogP contribution in [0.1, 0.15) is 11.1 Å². The highest BCUT2D eigenvalue weighted by Gasteiger charge is 2.35.